The van der Waals surface area contributed by atoms with Gasteiger partial charge in [-0.2, -0.15) is 5.26 Å². The third-order valence-corrected chi connectivity index (χ3v) is 4.14. The average molecular weight is 385 g/mol. The Hall–Kier alpha value is -3.43. The molecule has 2 N–H and O–H groups in total. The van der Waals surface area contributed by atoms with Crippen molar-refractivity contribution in [2.45, 2.75) is 0 Å². The lowest BCUT2D eigenvalue weighted by atomic mass is 10.0. The molecular formula is C20H11ClF2N2O2. The monoisotopic (exact) mass is 384 g/mol. The topological polar surface area (TPSA) is 73.1 Å². The van der Waals surface area contributed by atoms with Gasteiger partial charge in [0.2, 0.25) is 0 Å². The van der Waals surface area contributed by atoms with Crippen LogP contribution in [0.4, 0.5) is 14.5 Å². The van der Waals surface area contributed by atoms with Gasteiger partial charge in [-0.1, -0.05) is 17.7 Å². The second-order valence-electron chi connectivity index (χ2n) is 5.62. The van der Waals surface area contributed by atoms with Gasteiger partial charge in [0.05, 0.1) is 27.9 Å². The van der Waals surface area contributed by atoms with E-state index in [0.29, 0.717) is 11.1 Å². The van der Waals surface area contributed by atoms with Gasteiger partial charge in [0.15, 0.2) is 0 Å². The summed E-state index contributed by atoms with van der Waals surface area (Å²) in [4.78, 5) is 12.5. The van der Waals surface area contributed by atoms with Crippen molar-refractivity contribution < 1.29 is 18.7 Å². The fourth-order valence-corrected chi connectivity index (χ4v) is 2.71. The summed E-state index contributed by atoms with van der Waals surface area (Å²) in [6.07, 6.45) is 0. The van der Waals surface area contributed by atoms with Crippen molar-refractivity contribution >= 4 is 23.2 Å². The van der Waals surface area contributed by atoms with Crippen LogP contribution in [0.3, 0.4) is 0 Å². The lowest BCUT2D eigenvalue weighted by Gasteiger charge is -2.11. The first-order valence-electron chi connectivity index (χ1n) is 7.68. The minimum absolute atomic E-state index is 0.0851. The number of phenolic OH excluding ortho intramolecular Hbond substituents is 1. The first-order valence-corrected chi connectivity index (χ1v) is 8.06. The number of carbonyl (C=O) groups excluding carboxylic acids is 1. The summed E-state index contributed by atoms with van der Waals surface area (Å²) in [5.74, 6) is -2.50. The Morgan fingerprint density at radius 1 is 1.07 bits per heavy atom. The van der Waals surface area contributed by atoms with Crippen LogP contribution in [-0.2, 0) is 0 Å². The molecule has 0 bridgehead atoms. The molecule has 1 amide bonds. The number of aromatic hydroxyl groups is 1. The van der Waals surface area contributed by atoms with E-state index in [9.17, 15) is 18.7 Å². The van der Waals surface area contributed by atoms with E-state index in [-0.39, 0.29) is 27.6 Å². The van der Waals surface area contributed by atoms with E-state index < -0.39 is 17.5 Å². The van der Waals surface area contributed by atoms with E-state index in [1.807, 2.05) is 6.07 Å². The molecule has 0 aromatic heterocycles. The standard InChI is InChI=1S/C20H11ClF2N2O2/c21-16-7-11(10-24)1-5-18(16)25-20(27)15-8-12(2-6-19(15)26)14-4-3-13(22)9-17(14)23/h1-9,26H,(H,25,27). The summed E-state index contributed by atoms with van der Waals surface area (Å²) in [5.41, 5.74) is 0.841. The SMILES string of the molecule is N#Cc1ccc(NC(=O)c2cc(-c3ccc(F)cc3F)ccc2O)c(Cl)c1. The van der Waals surface area contributed by atoms with E-state index in [2.05, 4.69) is 5.32 Å². The summed E-state index contributed by atoms with van der Waals surface area (Å²) in [6.45, 7) is 0. The van der Waals surface area contributed by atoms with Crippen molar-refractivity contribution in [1.29, 1.82) is 5.26 Å². The van der Waals surface area contributed by atoms with Gasteiger partial charge in [-0.05, 0) is 48.0 Å². The van der Waals surface area contributed by atoms with Crippen LogP contribution in [0.15, 0.2) is 54.6 Å². The minimum Gasteiger partial charge on any atom is -0.507 e. The number of nitriles is 1. The number of phenols is 1. The van der Waals surface area contributed by atoms with E-state index in [4.69, 9.17) is 16.9 Å². The summed E-state index contributed by atoms with van der Waals surface area (Å²) < 4.78 is 27.1. The van der Waals surface area contributed by atoms with Crippen LogP contribution in [0.2, 0.25) is 5.02 Å². The number of rotatable bonds is 3. The van der Waals surface area contributed by atoms with Crippen LogP contribution in [0.1, 0.15) is 15.9 Å². The number of nitrogens with one attached hydrogen (secondary N) is 1. The Morgan fingerprint density at radius 3 is 2.52 bits per heavy atom. The second-order valence-corrected chi connectivity index (χ2v) is 6.02. The van der Waals surface area contributed by atoms with Gasteiger partial charge in [0.1, 0.15) is 17.4 Å². The molecule has 0 fully saturated rings. The van der Waals surface area contributed by atoms with Gasteiger partial charge in [0, 0.05) is 11.6 Å². The molecule has 0 saturated carbocycles. The molecule has 0 aliphatic carbocycles. The number of amides is 1. The molecule has 0 atom stereocenters. The lowest BCUT2D eigenvalue weighted by molar-refractivity contribution is 0.102. The highest BCUT2D eigenvalue weighted by Gasteiger charge is 2.16. The number of anilines is 1. The highest BCUT2D eigenvalue weighted by atomic mass is 35.5. The van der Waals surface area contributed by atoms with E-state index in [0.717, 1.165) is 12.1 Å². The number of benzene rings is 3. The second kappa shape index (κ2) is 7.44. The normalized spacial score (nSPS) is 10.3. The molecule has 0 aliphatic rings. The number of halogens is 3. The van der Waals surface area contributed by atoms with Gasteiger partial charge in [-0.25, -0.2) is 8.78 Å². The Bertz CT molecular complexity index is 1090. The summed E-state index contributed by atoms with van der Waals surface area (Å²) in [5, 5.41) is 21.5. The first-order chi connectivity index (χ1) is 12.9. The van der Waals surface area contributed by atoms with E-state index in [1.165, 1.54) is 42.5 Å². The number of hydrogen-bond acceptors (Lipinski definition) is 3. The molecule has 0 heterocycles. The number of carbonyl (C=O) groups is 1. The molecule has 0 aliphatic heterocycles. The third kappa shape index (κ3) is 3.89. The molecule has 0 spiro atoms. The lowest BCUT2D eigenvalue weighted by Crippen LogP contribution is -2.12. The Morgan fingerprint density at radius 2 is 1.85 bits per heavy atom. The van der Waals surface area contributed by atoms with Crippen molar-refractivity contribution in [3.63, 3.8) is 0 Å². The van der Waals surface area contributed by atoms with E-state index in [1.54, 1.807) is 0 Å². The fraction of sp³-hybridized carbons (Fsp3) is 0. The van der Waals surface area contributed by atoms with Gasteiger partial charge in [-0.3, -0.25) is 4.79 Å². The van der Waals surface area contributed by atoms with Crippen LogP contribution < -0.4 is 5.32 Å². The zero-order valence-corrected chi connectivity index (χ0v) is 14.4. The quantitative estimate of drug-likeness (QED) is 0.658. The molecule has 0 unspecified atom stereocenters. The third-order valence-electron chi connectivity index (χ3n) is 3.83. The maximum atomic E-state index is 14.0. The molecule has 3 aromatic carbocycles. The summed E-state index contributed by atoms with van der Waals surface area (Å²) in [6, 6.07) is 13.3. The summed E-state index contributed by atoms with van der Waals surface area (Å²) in [7, 11) is 0. The minimum atomic E-state index is -0.790. The zero-order chi connectivity index (χ0) is 19.6. The maximum Gasteiger partial charge on any atom is 0.259 e. The van der Waals surface area contributed by atoms with Crippen molar-refractivity contribution in [3.05, 3.63) is 82.4 Å². The molecule has 4 nitrogen and oxygen atoms in total. The summed E-state index contributed by atoms with van der Waals surface area (Å²) >= 11 is 6.03. The Balaban J connectivity index is 1.94. The highest BCUT2D eigenvalue weighted by Crippen LogP contribution is 2.30. The van der Waals surface area contributed by atoms with Crippen LogP contribution in [0.5, 0.6) is 5.75 Å². The van der Waals surface area contributed by atoms with Crippen molar-refractivity contribution in [3.8, 4) is 22.9 Å². The van der Waals surface area contributed by atoms with E-state index >= 15 is 0 Å². The van der Waals surface area contributed by atoms with Crippen LogP contribution in [-0.4, -0.2) is 11.0 Å². The smallest absolute Gasteiger partial charge is 0.259 e. The van der Waals surface area contributed by atoms with Gasteiger partial charge in [0.25, 0.3) is 5.91 Å². The van der Waals surface area contributed by atoms with Gasteiger partial charge >= 0.3 is 0 Å². The molecule has 27 heavy (non-hydrogen) atoms. The molecule has 3 aromatic rings. The van der Waals surface area contributed by atoms with Crippen LogP contribution >= 0.6 is 11.6 Å². The number of nitrogens with zero attached hydrogens (tertiary/aromatic N) is 1. The van der Waals surface area contributed by atoms with Crippen molar-refractivity contribution in [2.24, 2.45) is 0 Å². The van der Waals surface area contributed by atoms with Crippen molar-refractivity contribution in [1.82, 2.24) is 0 Å². The van der Waals surface area contributed by atoms with Crippen LogP contribution in [0, 0.1) is 23.0 Å². The Labute approximate surface area is 158 Å². The average Bonchev–Trinajstić information content (AvgIpc) is 2.64. The zero-order valence-electron chi connectivity index (χ0n) is 13.6. The molecule has 134 valence electrons. The van der Waals surface area contributed by atoms with Crippen molar-refractivity contribution in [2.75, 3.05) is 5.32 Å². The van der Waals surface area contributed by atoms with Crippen LogP contribution in [0.25, 0.3) is 11.1 Å². The predicted octanol–water partition coefficient (Wildman–Crippen LogP) is 5.11. The molecule has 7 heteroatoms. The predicted molar refractivity (Wildman–Crippen MR) is 97.6 cm³/mol. The molecular weight excluding hydrogens is 374 g/mol. The molecule has 0 saturated heterocycles. The number of hydrogen-bond donors (Lipinski definition) is 2. The molecule has 3 rings (SSSR count). The first kappa shape index (κ1) is 18.4. The Kier molecular flexibility index (Phi) is 5.06. The largest absolute Gasteiger partial charge is 0.507 e. The highest BCUT2D eigenvalue weighted by molar-refractivity contribution is 6.34. The molecule has 0 radical (unpaired) electrons. The fourth-order valence-electron chi connectivity index (χ4n) is 2.48. The maximum absolute atomic E-state index is 14.0. The van der Waals surface area contributed by atoms with Gasteiger partial charge < -0.3 is 10.4 Å². The van der Waals surface area contributed by atoms with Gasteiger partial charge in [-0.15, -0.1) is 0 Å².